The van der Waals surface area contributed by atoms with Gasteiger partial charge in [0.05, 0.1) is 10.9 Å². The molecule has 5 nitrogen and oxygen atoms in total. The minimum absolute atomic E-state index is 0.134. The molecule has 3 aromatic rings. The van der Waals surface area contributed by atoms with Gasteiger partial charge in [-0.15, -0.1) is 0 Å². The molecule has 0 bridgehead atoms. The third kappa shape index (κ3) is 4.86. The summed E-state index contributed by atoms with van der Waals surface area (Å²) in [5.74, 6) is 0.741. The van der Waals surface area contributed by atoms with Crippen molar-refractivity contribution in [3.8, 4) is 5.75 Å². The Hall–Kier alpha value is -2.63. The predicted octanol–water partition coefficient (Wildman–Crippen LogP) is 5.40. The Morgan fingerprint density at radius 1 is 0.966 bits per heavy atom. The first-order valence-electron chi connectivity index (χ1n) is 10.2. The largest absolute Gasteiger partial charge is 0.488 e. The highest BCUT2D eigenvalue weighted by Gasteiger charge is 2.21. The molecular formula is C24H28O5. The van der Waals surface area contributed by atoms with Gasteiger partial charge in [0.15, 0.2) is 6.29 Å². The van der Waals surface area contributed by atoms with Crippen LogP contribution < -0.4 is 10.2 Å². The summed E-state index contributed by atoms with van der Waals surface area (Å²) < 4.78 is 23.2. The first-order valence-corrected chi connectivity index (χ1v) is 10.2. The normalized spacial score (nSPS) is 11.3. The van der Waals surface area contributed by atoms with E-state index in [1.165, 1.54) is 6.26 Å². The van der Waals surface area contributed by atoms with Crippen LogP contribution in [0.15, 0.2) is 57.9 Å². The van der Waals surface area contributed by atoms with Crippen molar-refractivity contribution in [2.24, 2.45) is 0 Å². The van der Waals surface area contributed by atoms with Crippen molar-refractivity contribution >= 4 is 11.0 Å². The second-order valence-electron chi connectivity index (χ2n) is 6.71. The van der Waals surface area contributed by atoms with Crippen molar-refractivity contribution in [3.63, 3.8) is 0 Å². The van der Waals surface area contributed by atoms with Gasteiger partial charge in [0.25, 0.3) is 0 Å². The maximum Gasteiger partial charge on any atom is 0.200 e. The van der Waals surface area contributed by atoms with Gasteiger partial charge in [-0.05, 0) is 38.0 Å². The minimum atomic E-state index is -0.728. The van der Waals surface area contributed by atoms with E-state index in [0.717, 1.165) is 29.7 Å². The Labute approximate surface area is 171 Å². The molecule has 0 aliphatic heterocycles. The van der Waals surface area contributed by atoms with Crippen LogP contribution >= 0.6 is 0 Å². The van der Waals surface area contributed by atoms with Crippen molar-refractivity contribution < 1.29 is 18.6 Å². The van der Waals surface area contributed by atoms with Crippen molar-refractivity contribution in [2.75, 3.05) is 13.2 Å². The van der Waals surface area contributed by atoms with Crippen molar-refractivity contribution in [3.05, 3.63) is 75.6 Å². The quantitative estimate of drug-likeness (QED) is 0.430. The lowest BCUT2D eigenvalue weighted by Gasteiger charge is -2.17. The van der Waals surface area contributed by atoms with Crippen LogP contribution in [0, 0.1) is 0 Å². The topological polar surface area (TPSA) is 57.9 Å². The molecule has 0 spiro atoms. The molecule has 0 saturated heterocycles. The predicted molar refractivity (Wildman–Crippen MR) is 113 cm³/mol. The first-order chi connectivity index (χ1) is 14.2. The number of aryl methyl sites for hydroxylation is 1. The molecule has 0 atom stereocenters. The fraction of sp³-hybridized carbons (Fsp3) is 0.375. The molecule has 154 valence electrons. The van der Waals surface area contributed by atoms with E-state index in [-0.39, 0.29) is 5.43 Å². The average molecular weight is 396 g/mol. The van der Waals surface area contributed by atoms with Gasteiger partial charge in [0, 0.05) is 18.8 Å². The third-order valence-electron chi connectivity index (χ3n) is 4.66. The molecule has 2 aromatic carbocycles. The zero-order valence-corrected chi connectivity index (χ0v) is 17.3. The Kier molecular flexibility index (Phi) is 7.44. The lowest BCUT2D eigenvalue weighted by molar-refractivity contribution is -0.141. The number of hydrogen-bond donors (Lipinski definition) is 0. The number of ether oxygens (including phenoxy) is 3. The molecule has 0 saturated carbocycles. The van der Waals surface area contributed by atoms with Crippen LogP contribution in [0.2, 0.25) is 0 Å². The van der Waals surface area contributed by atoms with Gasteiger partial charge in [0.2, 0.25) is 5.43 Å². The molecule has 0 unspecified atom stereocenters. The zero-order valence-electron chi connectivity index (χ0n) is 17.3. The van der Waals surface area contributed by atoms with Gasteiger partial charge in [-0.25, -0.2) is 0 Å². The fourth-order valence-corrected chi connectivity index (χ4v) is 3.30. The van der Waals surface area contributed by atoms with Gasteiger partial charge in [-0.1, -0.05) is 43.7 Å². The summed E-state index contributed by atoms with van der Waals surface area (Å²) in [6.45, 7) is 7.16. The molecule has 1 aromatic heterocycles. The fourth-order valence-electron chi connectivity index (χ4n) is 3.30. The molecular weight excluding hydrogens is 368 g/mol. The second kappa shape index (κ2) is 10.2. The summed E-state index contributed by atoms with van der Waals surface area (Å²) in [5.41, 5.74) is 2.81. The van der Waals surface area contributed by atoms with Crippen LogP contribution in [0.1, 0.15) is 50.2 Å². The Bertz CT molecular complexity index is 972. The highest BCUT2D eigenvalue weighted by atomic mass is 16.7. The molecule has 0 fully saturated rings. The average Bonchev–Trinajstić information content (AvgIpc) is 2.74. The molecule has 0 amide bonds. The monoisotopic (exact) mass is 396 g/mol. The van der Waals surface area contributed by atoms with Gasteiger partial charge in [0.1, 0.15) is 24.2 Å². The van der Waals surface area contributed by atoms with Crippen LogP contribution in [0.3, 0.4) is 0 Å². The van der Waals surface area contributed by atoms with E-state index >= 15 is 0 Å². The van der Waals surface area contributed by atoms with Gasteiger partial charge < -0.3 is 18.6 Å². The van der Waals surface area contributed by atoms with E-state index in [4.69, 9.17) is 18.6 Å². The molecule has 0 N–H and O–H groups in total. The zero-order chi connectivity index (χ0) is 20.6. The Morgan fingerprint density at radius 3 is 2.34 bits per heavy atom. The van der Waals surface area contributed by atoms with Crippen LogP contribution in [0.4, 0.5) is 0 Å². The Balaban J connectivity index is 2.00. The number of rotatable bonds is 10. The van der Waals surface area contributed by atoms with E-state index in [1.54, 1.807) is 6.07 Å². The SMILES string of the molecule is CCCc1c(OCc2ccccc2)ccc2c(=O)c(C(OCC)OCC)coc12. The molecule has 0 aliphatic rings. The molecule has 0 radical (unpaired) electrons. The van der Waals surface area contributed by atoms with Gasteiger partial charge in [-0.3, -0.25) is 4.79 Å². The molecule has 5 heteroatoms. The van der Waals surface area contributed by atoms with E-state index in [2.05, 4.69) is 6.92 Å². The molecule has 3 rings (SSSR count). The summed E-state index contributed by atoms with van der Waals surface area (Å²) >= 11 is 0. The number of fused-ring (bicyclic) bond motifs is 1. The summed E-state index contributed by atoms with van der Waals surface area (Å²) in [6.07, 6.45) is 2.40. The van der Waals surface area contributed by atoms with E-state index in [9.17, 15) is 4.79 Å². The molecule has 1 heterocycles. The maximum absolute atomic E-state index is 13.1. The van der Waals surface area contributed by atoms with Crippen LogP contribution in [0.25, 0.3) is 11.0 Å². The highest BCUT2D eigenvalue weighted by molar-refractivity contribution is 5.82. The van der Waals surface area contributed by atoms with E-state index in [1.807, 2.05) is 50.2 Å². The lowest BCUT2D eigenvalue weighted by atomic mass is 10.0. The smallest absolute Gasteiger partial charge is 0.200 e. The second-order valence-corrected chi connectivity index (χ2v) is 6.71. The number of benzene rings is 2. The van der Waals surface area contributed by atoms with Crippen molar-refractivity contribution in [2.45, 2.75) is 46.5 Å². The minimum Gasteiger partial charge on any atom is -0.488 e. The summed E-state index contributed by atoms with van der Waals surface area (Å²) in [5, 5.41) is 0.516. The summed E-state index contributed by atoms with van der Waals surface area (Å²) in [4.78, 5) is 13.1. The standard InChI is InChI=1S/C24H28O5/c1-4-10-18-21(28-15-17-11-8-7-9-12-17)14-13-19-22(25)20(16-29-23(18)19)24(26-5-2)27-6-3/h7-9,11-14,16,24H,4-6,10,15H2,1-3H3. The van der Waals surface area contributed by atoms with Crippen LogP contribution in [0.5, 0.6) is 5.75 Å². The Morgan fingerprint density at radius 2 is 1.69 bits per heavy atom. The van der Waals surface area contributed by atoms with Gasteiger partial charge in [-0.2, -0.15) is 0 Å². The van der Waals surface area contributed by atoms with Crippen LogP contribution in [-0.4, -0.2) is 13.2 Å². The van der Waals surface area contributed by atoms with E-state index in [0.29, 0.717) is 36.4 Å². The van der Waals surface area contributed by atoms with Crippen molar-refractivity contribution in [1.29, 1.82) is 0 Å². The first kappa shape index (κ1) is 21.1. The third-order valence-corrected chi connectivity index (χ3v) is 4.66. The lowest BCUT2D eigenvalue weighted by Crippen LogP contribution is -2.19. The highest BCUT2D eigenvalue weighted by Crippen LogP contribution is 2.30. The van der Waals surface area contributed by atoms with E-state index < -0.39 is 6.29 Å². The van der Waals surface area contributed by atoms with Gasteiger partial charge >= 0.3 is 0 Å². The summed E-state index contributed by atoms with van der Waals surface area (Å²) in [6, 6.07) is 13.6. The summed E-state index contributed by atoms with van der Waals surface area (Å²) in [7, 11) is 0. The molecule has 0 aliphatic carbocycles. The maximum atomic E-state index is 13.1. The number of hydrogen-bond acceptors (Lipinski definition) is 5. The molecule has 29 heavy (non-hydrogen) atoms. The van der Waals surface area contributed by atoms with Crippen LogP contribution in [-0.2, 0) is 22.5 Å². The van der Waals surface area contributed by atoms with Crippen molar-refractivity contribution in [1.82, 2.24) is 0 Å².